The predicted molar refractivity (Wildman–Crippen MR) is 76.5 cm³/mol. The fourth-order valence-corrected chi connectivity index (χ4v) is 3.46. The molecule has 0 aromatic heterocycles. The Morgan fingerprint density at radius 3 is 3.05 bits per heavy atom. The molecule has 1 N–H and O–H groups in total. The van der Waals surface area contributed by atoms with Crippen molar-refractivity contribution in [3.8, 4) is 0 Å². The van der Waals surface area contributed by atoms with Crippen molar-refractivity contribution in [2.75, 3.05) is 13.1 Å². The second-order valence-corrected chi connectivity index (χ2v) is 6.09. The highest BCUT2D eigenvalue weighted by molar-refractivity contribution is 6.31. The van der Waals surface area contributed by atoms with Crippen molar-refractivity contribution in [2.24, 2.45) is 0 Å². The third-order valence-electron chi connectivity index (χ3n) is 4.33. The van der Waals surface area contributed by atoms with Crippen LogP contribution in [0.5, 0.6) is 0 Å². The molecule has 3 nitrogen and oxygen atoms in total. The number of carbonyl (C=O) groups is 1. The average Bonchev–Trinajstić information content (AvgIpc) is 2.89. The van der Waals surface area contributed by atoms with Gasteiger partial charge in [0.1, 0.15) is 5.82 Å². The SMILES string of the molecule is O=C(NC1CCN2CCCC2C1)c1cc(Cl)ccc1F. The maximum absolute atomic E-state index is 13.7. The Morgan fingerprint density at radius 2 is 2.20 bits per heavy atom. The first-order valence-electron chi connectivity index (χ1n) is 7.13. The molecule has 3 rings (SSSR count). The first-order chi connectivity index (χ1) is 9.63. The van der Waals surface area contributed by atoms with Crippen molar-refractivity contribution in [1.29, 1.82) is 0 Å². The molecule has 2 saturated heterocycles. The van der Waals surface area contributed by atoms with Crippen LogP contribution in [-0.4, -0.2) is 36.0 Å². The van der Waals surface area contributed by atoms with Crippen molar-refractivity contribution in [3.05, 3.63) is 34.6 Å². The molecule has 0 radical (unpaired) electrons. The summed E-state index contributed by atoms with van der Waals surface area (Å²) in [6.45, 7) is 2.20. The number of halogens is 2. The summed E-state index contributed by atoms with van der Waals surface area (Å²) < 4.78 is 13.7. The molecule has 2 aliphatic rings. The topological polar surface area (TPSA) is 32.3 Å². The Balaban J connectivity index is 1.65. The van der Waals surface area contributed by atoms with Crippen LogP contribution in [0.4, 0.5) is 4.39 Å². The van der Waals surface area contributed by atoms with E-state index < -0.39 is 5.82 Å². The van der Waals surface area contributed by atoms with Gasteiger partial charge in [-0.3, -0.25) is 4.79 Å². The zero-order valence-electron chi connectivity index (χ0n) is 11.2. The van der Waals surface area contributed by atoms with E-state index >= 15 is 0 Å². The number of hydrogen-bond acceptors (Lipinski definition) is 2. The molecule has 1 amide bonds. The smallest absolute Gasteiger partial charge is 0.254 e. The van der Waals surface area contributed by atoms with Crippen LogP contribution in [0.1, 0.15) is 36.0 Å². The number of rotatable bonds is 2. The van der Waals surface area contributed by atoms with Crippen LogP contribution in [0, 0.1) is 5.82 Å². The molecular weight excluding hydrogens is 279 g/mol. The van der Waals surface area contributed by atoms with Crippen molar-refractivity contribution in [3.63, 3.8) is 0 Å². The van der Waals surface area contributed by atoms with Gasteiger partial charge in [-0.15, -0.1) is 0 Å². The van der Waals surface area contributed by atoms with Gasteiger partial charge in [-0.2, -0.15) is 0 Å². The molecule has 108 valence electrons. The van der Waals surface area contributed by atoms with Gasteiger partial charge in [0.15, 0.2) is 0 Å². The van der Waals surface area contributed by atoms with E-state index in [1.165, 1.54) is 37.6 Å². The molecule has 0 spiro atoms. The normalized spacial score (nSPS) is 26.3. The van der Waals surface area contributed by atoms with Crippen LogP contribution in [0.3, 0.4) is 0 Å². The predicted octanol–water partition coefficient (Wildman–Crippen LogP) is 2.84. The van der Waals surface area contributed by atoms with Crippen LogP contribution >= 0.6 is 11.6 Å². The highest BCUT2D eigenvalue weighted by Gasteiger charge is 2.32. The van der Waals surface area contributed by atoms with Gasteiger partial charge >= 0.3 is 0 Å². The number of hydrogen-bond donors (Lipinski definition) is 1. The first kappa shape index (κ1) is 13.8. The standard InChI is InChI=1S/C15H18ClFN2O/c16-10-3-4-14(17)13(8-10)15(20)18-11-5-7-19-6-1-2-12(19)9-11/h3-4,8,11-12H,1-2,5-7,9H2,(H,18,20). The first-order valence-corrected chi connectivity index (χ1v) is 7.51. The molecule has 0 saturated carbocycles. The third-order valence-corrected chi connectivity index (χ3v) is 4.56. The Labute approximate surface area is 123 Å². The van der Waals surface area contributed by atoms with Gasteiger partial charge in [-0.05, 0) is 50.4 Å². The van der Waals surface area contributed by atoms with Crippen LogP contribution in [0.25, 0.3) is 0 Å². The quantitative estimate of drug-likeness (QED) is 0.910. The number of amides is 1. The highest BCUT2D eigenvalue weighted by atomic mass is 35.5. The van der Waals surface area contributed by atoms with Crippen LogP contribution in [0.15, 0.2) is 18.2 Å². The summed E-state index contributed by atoms with van der Waals surface area (Å²) >= 11 is 5.82. The monoisotopic (exact) mass is 296 g/mol. The number of nitrogens with zero attached hydrogens (tertiary/aromatic N) is 1. The molecule has 0 aliphatic carbocycles. The lowest BCUT2D eigenvalue weighted by Gasteiger charge is -2.35. The molecule has 0 bridgehead atoms. The molecule has 1 aromatic rings. The second-order valence-electron chi connectivity index (χ2n) is 5.65. The van der Waals surface area contributed by atoms with Gasteiger partial charge in [0, 0.05) is 23.7 Å². The number of piperidine rings is 1. The average molecular weight is 297 g/mol. The zero-order valence-corrected chi connectivity index (χ0v) is 12.0. The Bertz CT molecular complexity index is 523. The van der Waals surface area contributed by atoms with Gasteiger partial charge < -0.3 is 10.2 Å². The van der Waals surface area contributed by atoms with Gasteiger partial charge in [-0.1, -0.05) is 11.6 Å². The Kier molecular flexibility index (Phi) is 3.94. The van der Waals surface area contributed by atoms with E-state index in [-0.39, 0.29) is 17.5 Å². The molecule has 20 heavy (non-hydrogen) atoms. The number of benzene rings is 1. The summed E-state index contributed by atoms with van der Waals surface area (Å²) in [5.41, 5.74) is 0.0337. The summed E-state index contributed by atoms with van der Waals surface area (Å²) in [4.78, 5) is 14.6. The van der Waals surface area contributed by atoms with E-state index in [9.17, 15) is 9.18 Å². The summed E-state index contributed by atoms with van der Waals surface area (Å²) in [7, 11) is 0. The van der Waals surface area contributed by atoms with Crippen molar-refractivity contribution in [1.82, 2.24) is 10.2 Å². The largest absolute Gasteiger partial charge is 0.349 e. The Morgan fingerprint density at radius 1 is 1.35 bits per heavy atom. The van der Waals surface area contributed by atoms with Gasteiger partial charge in [0.25, 0.3) is 5.91 Å². The molecule has 2 fully saturated rings. The fourth-order valence-electron chi connectivity index (χ4n) is 3.29. The number of nitrogens with one attached hydrogen (secondary N) is 1. The minimum Gasteiger partial charge on any atom is -0.349 e. The van der Waals surface area contributed by atoms with E-state index in [1.807, 2.05) is 0 Å². The lowest BCUT2D eigenvalue weighted by Crippen LogP contribution is -2.47. The minimum atomic E-state index is -0.523. The van der Waals surface area contributed by atoms with E-state index in [0.717, 1.165) is 19.4 Å². The fraction of sp³-hybridized carbons (Fsp3) is 0.533. The maximum Gasteiger partial charge on any atom is 0.254 e. The van der Waals surface area contributed by atoms with Crippen LogP contribution in [-0.2, 0) is 0 Å². The van der Waals surface area contributed by atoms with Gasteiger partial charge in [0.05, 0.1) is 5.56 Å². The third kappa shape index (κ3) is 2.81. The van der Waals surface area contributed by atoms with Crippen molar-refractivity contribution < 1.29 is 9.18 Å². The van der Waals surface area contributed by atoms with E-state index in [2.05, 4.69) is 10.2 Å². The molecular formula is C15H18ClFN2O. The molecule has 2 unspecified atom stereocenters. The molecule has 2 heterocycles. The second kappa shape index (κ2) is 5.70. The van der Waals surface area contributed by atoms with Gasteiger partial charge in [0.2, 0.25) is 0 Å². The van der Waals surface area contributed by atoms with Crippen molar-refractivity contribution >= 4 is 17.5 Å². The van der Waals surface area contributed by atoms with Crippen LogP contribution < -0.4 is 5.32 Å². The van der Waals surface area contributed by atoms with Crippen molar-refractivity contribution in [2.45, 2.75) is 37.8 Å². The molecule has 5 heteroatoms. The highest BCUT2D eigenvalue weighted by Crippen LogP contribution is 2.27. The molecule has 2 atom stereocenters. The zero-order chi connectivity index (χ0) is 14.1. The Hall–Kier alpha value is -1.13. The lowest BCUT2D eigenvalue weighted by molar-refractivity contribution is 0.0892. The van der Waals surface area contributed by atoms with E-state index in [4.69, 9.17) is 11.6 Å². The summed E-state index contributed by atoms with van der Waals surface area (Å²) in [5, 5.41) is 3.33. The number of fused-ring (bicyclic) bond motifs is 1. The maximum atomic E-state index is 13.7. The van der Waals surface area contributed by atoms with Gasteiger partial charge in [-0.25, -0.2) is 4.39 Å². The van der Waals surface area contributed by atoms with Crippen LogP contribution in [0.2, 0.25) is 5.02 Å². The summed E-state index contributed by atoms with van der Waals surface area (Å²) in [6, 6.07) is 4.79. The van der Waals surface area contributed by atoms with E-state index in [1.54, 1.807) is 0 Å². The lowest BCUT2D eigenvalue weighted by atomic mass is 9.97. The molecule has 2 aliphatic heterocycles. The summed E-state index contributed by atoms with van der Waals surface area (Å²) in [6.07, 6.45) is 4.35. The summed E-state index contributed by atoms with van der Waals surface area (Å²) in [5.74, 6) is -0.883. The van der Waals surface area contributed by atoms with E-state index in [0.29, 0.717) is 11.1 Å². The minimum absolute atomic E-state index is 0.0337. The molecule has 1 aromatic carbocycles. The number of carbonyl (C=O) groups excluding carboxylic acids is 1.